The van der Waals surface area contributed by atoms with Gasteiger partial charge in [0.25, 0.3) is 0 Å². The number of esters is 1. The van der Waals surface area contributed by atoms with Gasteiger partial charge in [-0.1, -0.05) is 30.3 Å². The third kappa shape index (κ3) is 5.71. The van der Waals surface area contributed by atoms with Gasteiger partial charge in [-0.25, -0.2) is 4.79 Å². The number of ether oxygens (including phenoxy) is 2. The molecule has 1 atom stereocenters. The number of carbonyl (C=O) groups is 1. The third-order valence-corrected chi connectivity index (χ3v) is 5.69. The van der Waals surface area contributed by atoms with Crippen LogP contribution in [0.5, 0.6) is 5.75 Å². The molecule has 0 saturated heterocycles. The van der Waals surface area contributed by atoms with Gasteiger partial charge in [0.05, 0.1) is 14.2 Å². The summed E-state index contributed by atoms with van der Waals surface area (Å²) >= 11 is 0. The maximum absolute atomic E-state index is 11.3. The van der Waals surface area contributed by atoms with Crippen LogP contribution in [0.3, 0.4) is 0 Å². The lowest BCUT2D eigenvalue weighted by Crippen LogP contribution is -2.31. The molecule has 0 aromatic heterocycles. The molecule has 30 heavy (non-hydrogen) atoms. The second-order valence-corrected chi connectivity index (χ2v) is 7.58. The summed E-state index contributed by atoms with van der Waals surface area (Å²) in [7, 11) is 3.07. The lowest BCUT2D eigenvalue weighted by Gasteiger charge is -2.29. The molecule has 1 aliphatic carbocycles. The summed E-state index contributed by atoms with van der Waals surface area (Å²) in [5.74, 6) is 0.536. The molecule has 0 spiro atoms. The van der Waals surface area contributed by atoms with E-state index in [1.165, 1.54) is 29.9 Å². The molecule has 1 aliphatic rings. The van der Waals surface area contributed by atoms with E-state index in [4.69, 9.17) is 4.74 Å². The molecule has 160 valence electrons. The first-order valence-corrected chi connectivity index (χ1v) is 10.5. The van der Waals surface area contributed by atoms with Gasteiger partial charge in [0, 0.05) is 31.8 Å². The SMILES string of the molecule is COC(=O)/C=C/c1ccc2c(c1)CCC2N(CCCO)CCc1cccc(OC)c1. The van der Waals surface area contributed by atoms with Crippen LogP contribution < -0.4 is 4.74 Å². The summed E-state index contributed by atoms with van der Waals surface area (Å²) in [6.45, 7) is 2.00. The predicted octanol–water partition coefficient (Wildman–Crippen LogP) is 3.80. The highest BCUT2D eigenvalue weighted by Gasteiger charge is 2.27. The van der Waals surface area contributed by atoms with E-state index in [0.29, 0.717) is 6.04 Å². The quantitative estimate of drug-likeness (QED) is 0.478. The van der Waals surface area contributed by atoms with Crippen molar-refractivity contribution in [2.75, 3.05) is 33.9 Å². The molecule has 0 fully saturated rings. The zero-order valence-electron chi connectivity index (χ0n) is 17.8. The van der Waals surface area contributed by atoms with Crippen LogP contribution in [-0.2, 0) is 22.4 Å². The zero-order valence-corrected chi connectivity index (χ0v) is 17.8. The molecule has 0 amide bonds. The zero-order chi connectivity index (χ0) is 21.3. The van der Waals surface area contributed by atoms with E-state index in [0.717, 1.165) is 50.1 Å². The van der Waals surface area contributed by atoms with Crippen LogP contribution in [0.15, 0.2) is 48.5 Å². The lowest BCUT2D eigenvalue weighted by molar-refractivity contribution is -0.134. The fourth-order valence-electron chi connectivity index (χ4n) is 4.13. The first kappa shape index (κ1) is 22.1. The average molecular weight is 410 g/mol. The van der Waals surface area contributed by atoms with Gasteiger partial charge in [-0.05, 0) is 66.1 Å². The molecule has 2 aromatic carbocycles. The van der Waals surface area contributed by atoms with Gasteiger partial charge in [-0.15, -0.1) is 0 Å². The average Bonchev–Trinajstić information content (AvgIpc) is 3.20. The number of hydrogen-bond donors (Lipinski definition) is 1. The van der Waals surface area contributed by atoms with Crippen molar-refractivity contribution >= 4 is 12.0 Å². The highest BCUT2D eigenvalue weighted by Crippen LogP contribution is 2.36. The molecule has 0 bridgehead atoms. The Morgan fingerprint density at radius 3 is 2.83 bits per heavy atom. The minimum atomic E-state index is -0.346. The highest BCUT2D eigenvalue weighted by molar-refractivity contribution is 5.86. The summed E-state index contributed by atoms with van der Waals surface area (Å²) in [5.41, 5.74) is 4.96. The molecular weight excluding hydrogens is 378 g/mol. The summed E-state index contributed by atoms with van der Waals surface area (Å²) < 4.78 is 10.0. The highest BCUT2D eigenvalue weighted by atomic mass is 16.5. The van der Waals surface area contributed by atoms with Gasteiger partial charge in [0.2, 0.25) is 0 Å². The van der Waals surface area contributed by atoms with Gasteiger partial charge in [0.1, 0.15) is 5.75 Å². The summed E-state index contributed by atoms with van der Waals surface area (Å²) in [4.78, 5) is 13.8. The van der Waals surface area contributed by atoms with Crippen LogP contribution in [0.25, 0.3) is 6.08 Å². The molecule has 0 aliphatic heterocycles. The number of benzene rings is 2. The molecule has 2 aromatic rings. The summed E-state index contributed by atoms with van der Waals surface area (Å²) in [6.07, 6.45) is 7.05. The molecule has 1 unspecified atom stereocenters. The van der Waals surface area contributed by atoms with Gasteiger partial charge >= 0.3 is 5.97 Å². The largest absolute Gasteiger partial charge is 0.497 e. The van der Waals surface area contributed by atoms with Crippen molar-refractivity contribution in [1.82, 2.24) is 4.90 Å². The van der Waals surface area contributed by atoms with Crippen molar-refractivity contribution in [2.24, 2.45) is 0 Å². The minimum Gasteiger partial charge on any atom is -0.497 e. The Labute approximate surface area is 178 Å². The normalized spacial score (nSPS) is 15.5. The van der Waals surface area contributed by atoms with Crippen LogP contribution >= 0.6 is 0 Å². The van der Waals surface area contributed by atoms with Crippen LogP contribution in [0.1, 0.15) is 41.1 Å². The van der Waals surface area contributed by atoms with E-state index < -0.39 is 0 Å². The smallest absolute Gasteiger partial charge is 0.330 e. The molecule has 5 heteroatoms. The van der Waals surface area contributed by atoms with Crippen molar-refractivity contribution in [1.29, 1.82) is 0 Å². The summed E-state index contributed by atoms with van der Waals surface area (Å²) in [6, 6.07) is 15.0. The predicted molar refractivity (Wildman–Crippen MR) is 119 cm³/mol. The van der Waals surface area contributed by atoms with Crippen molar-refractivity contribution in [3.8, 4) is 5.75 Å². The Kier molecular flexibility index (Phi) is 8.05. The maximum Gasteiger partial charge on any atom is 0.330 e. The van der Waals surface area contributed by atoms with Gasteiger partial charge in [0.15, 0.2) is 0 Å². The van der Waals surface area contributed by atoms with Crippen LogP contribution in [0.4, 0.5) is 0 Å². The number of rotatable bonds is 10. The van der Waals surface area contributed by atoms with E-state index in [1.807, 2.05) is 12.1 Å². The Balaban J connectivity index is 1.72. The Morgan fingerprint density at radius 2 is 2.07 bits per heavy atom. The number of aliphatic hydroxyl groups excluding tert-OH is 1. The van der Waals surface area contributed by atoms with Crippen molar-refractivity contribution in [3.05, 3.63) is 70.8 Å². The number of aliphatic hydroxyl groups is 1. The van der Waals surface area contributed by atoms with E-state index >= 15 is 0 Å². The second-order valence-electron chi connectivity index (χ2n) is 7.58. The first-order valence-electron chi connectivity index (χ1n) is 10.5. The van der Waals surface area contributed by atoms with E-state index in [-0.39, 0.29) is 12.6 Å². The molecule has 1 N–H and O–H groups in total. The van der Waals surface area contributed by atoms with E-state index in [1.54, 1.807) is 13.2 Å². The molecule has 0 heterocycles. The standard InChI is InChI=1S/C25H31NO4/c1-29-22-6-3-5-19(18-22)13-15-26(14-4-16-27)24-11-9-21-17-20(7-10-23(21)24)8-12-25(28)30-2/h3,5-8,10,12,17-18,24,27H,4,9,11,13-16H2,1-2H3/b12-8+. The number of fused-ring (bicyclic) bond motifs is 1. The van der Waals surface area contributed by atoms with Crippen LogP contribution in [-0.4, -0.2) is 49.9 Å². The summed E-state index contributed by atoms with van der Waals surface area (Å²) in [5, 5.41) is 9.38. The Hall–Kier alpha value is -2.63. The third-order valence-electron chi connectivity index (χ3n) is 5.69. The molecule has 5 nitrogen and oxygen atoms in total. The topological polar surface area (TPSA) is 59.0 Å². The molecule has 0 saturated carbocycles. The van der Waals surface area contributed by atoms with Gasteiger partial charge in [-0.3, -0.25) is 4.90 Å². The number of carbonyl (C=O) groups excluding carboxylic acids is 1. The first-order chi connectivity index (χ1) is 14.6. The number of aryl methyl sites for hydroxylation is 1. The Bertz CT molecular complexity index is 877. The van der Waals surface area contributed by atoms with Crippen LogP contribution in [0.2, 0.25) is 0 Å². The second kappa shape index (κ2) is 11.0. The fourth-order valence-corrected chi connectivity index (χ4v) is 4.13. The maximum atomic E-state index is 11.3. The van der Waals surface area contributed by atoms with Crippen molar-refractivity contribution in [2.45, 2.75) is 31.7 Å². The number of hydrogen-bond acceptors (Lipinski definition) is 5. The number of methoxy groups -OCH3 is 2. The van der Waals surface area contributed by atoms with E-state index in [2.05, 4.69) is 40.0 Å². The number of nitrogens with zero attached hydrogens (tertiary/aromatic N) is 1. The molecule has 0 radical (unpaired) electrons. The van der Waals surface area contributed by atoms with Crippen LogP contribution in [0, 0.1) is 0 Å². The minimum absolute atomic E-state index is 0.201. The van der Waals surface area contributed by atoms with E-state index in [9.17, 15) is 9.90 Å². The molecule has 3 rings (SSSR count). The van der Waals surface area contributed by atoms with Crippen molar-refractivity contribution in [3.63, 3.8) is 0 Å². The lowest BCUT2D eigenvalue weighted by atomic mass is 10.0. The molecular formula is C25H31NO4. The van der Waals surface area contributed by atoms with Gasteiger partial charge in [-0.2, -0.15) is 0 Å². The van der Waals surface area contributed by atoms with Crippen molar-refractivity contribution < 1.29 is 19.4 Å². The Morgan fingerprint density at radius 1 is 1.20 bits per heavy atom. The monoisotopic (exact) mass is 409 g/mol. The fraction of sp³-hybridized carbons (Fsp3) is 0.400. The van der Waals surface area contributed by atoms with Gasteiger partial charge < -0.3 is 14.6 Å².